The average molecular weight is 255 g/mol. The molecule has 2 unspecified atom stereocenters. The fraction of sp³-hybridized carbons (Fsp3) is 0.923. The van der Waals surface area contributed by atoms with Crippen LogP contribution >= 0.6 is 0 Å². The molecule has 2 aliphatic rings. The third-order valence-electron chi connectivity index (χ3n) is 3.90. The fourth-order valence-corrected chi connectivity index (χ4v) is 2.84. The van der Waals surface area contributed by atoms with Crippen molar-refractivity contribution in [1.82, 2.24) is 10.4 Å². The Balaban J connectivity index is 1.61. The summed E-state index contributed by atoms with van der Waals surface area (Å²) in [5, 5.41) is 1.96. The van der Waals surface area contributed by atoms with Crippen LogP contribution in [0.4, 0.5) is 0 Å². The van der Waals surface area contributed by atoms with E-state index in [1.807, 2.05) is 5.01 Å². The molecule has 0 bridgehead atoms. The van der Waals surface area contributed by atoms with Crippen molar-refractivity contribution in [3.63, 3.8) is 0 Å². The van der Waals surface area contributed by atoms with E-state index in [1.165, 1.54) is 12.8 Å². The van der Waals surface area contributed by atoms with Crippen LogP contribution in [0.15, 0.2) is 0 Å². The van der Waals surface area contributed by atoms with Crippen molar-refractivity contribution in [2.75, 3.05) is 26.3 Å². The second kappa shape index (κ2) is 7.07. The van der Waals surface area contributed by atoms with E-state index in [9.17, 15) is 4.79 Å². The summed E-state index contributed by atoms with van der Waals surface area (Å²) in [7, 11) is 0. The van der Waals surface area contributed by atoms with Gasteiger partial charge in [0.1, 0.15) is 0 Å². The zero-order valence-electron chi connectivity index (χ0n) is 11.1. The number of nitrogens with zero attached hydrogens (tertiary/aromatic N) is 1. The van der Waals surface area contributed by atoms with Gasteiger partial charge in [0.05, 0.1) is 13.2 Å². The van der Waals surface area contributed by atoms with Crippen molar-refractivity contribution in [3.8, 4) is 0 Å². The second-order valence-electron chi connectivity index (χ2n) is 5.47. The van der Waals surface area contributed by atoms with Gasteiger partial charge in [0.15, 0.2) is 0 Å². The standard InChI is InChI=1S/C13H25N3O2/c14-12-3-1-2-11(10-12)4-5-13(17)15-16-6-8-18-9-7-16/h11-12H,1-10,14H2,(H,15,17). The summed E-state index contributed by atoms with van der Waals surface area (Å²) in [6.07, 6.45) is 6.29. The van der Waals surface area contributed by atoms with E-state index in [0.29, 0.717) is 31.6 Å². The van der Waals surface area contributed by atoms with Crippen molar-refractivity contribution in [1.29, 1.82) is 0 Å². The Bertz CT molecular complexity index is 267. The normalized spacial score (nSPS) is 30.1. The molecule has 5 heteroatoms. The van der Waals surface area contributed by atoms with Crippen LogP contribution in [0.2, 0.25) is 0 Å². The predicted molar refractivity (Wildman–Crippen MR) is 69.7 cm³/mol. The SMILES string of the molecule is NC1CCCC(CCC(=O)NN2CCOCC2)C1. The lowest BCUT2D eigenvalue weighted by atomic mass is 9.83. The van der Waals surface area contributed by atoms with E-state index in [4.69, 9.17) is 10.5 Å². The summed E-state index contributed by atoms with van der Waals surface area (Å²) < 4.78 is 5.24. The molecule has 1 saturated carbocycles. The predicted octanol–water partition coefficient (Wildman–Crippen LogP) is 0.647. The highest BCUT2D eigenvalue weighted by Crippen LogP contribution is 2.26. The quantitative estimate of drug-likeness (QED) is 0.774. The van der Waals surface area contributed by atoms with E-state index >= 15 is 0 Å². The van der Waals surface area contributed by atoms with Gasteiger partial charge in [-0.25, -0.2) is 5.01 Å². The fourth-order valence-electron chi connectivity index (χ4n) is 2.84. The second-order valence-corrected chi connectivity index (χ2v) is 5.47. The van der Waals surface area contributed by atoms with Gasteiger partial charge in [-0.2, -0.15) is 0 Å². The molecule has 3 N–H and O–H groups in total. The lowest BCUT2D eigenvalue weighted by molar-refractivity contribution is -0.128. The minimum Gasteiger partial charge on any atom is -0.379 e. The van der Waals surface area contributed by atoms with Crippen molar-refractivity contribution in [2.45, 2.75) is 44.6 Å². The molecular formula is C13H25N3O2. The number of amides is 1. The topological polar surface area (TPSA) is 67.6 Å². The maximum atomic E-state index is 11.8. The number of hydrogen-bond donors (Lipinski definition) is 2. The molecule has 18 heavy (non-hydrogen) atoms. The zero-order valence-corrected chi connectivity index (χ0v) is 11.1. The summed E-state index contributed by atoms with van der Waals surface area (Å²) in [6.45, 7) is 3.00. The number of hydrogen-bond acceptors (Lipinski definition) is 4. The molecule has 5 nitrogen and oxygen atoms in total. The molecule has 0 aromatic heterocycles. The first-order valence-corrected chi connectivity index (χ1v) is 7.12. The molecule has 2 rings (SSSR count). The summed E-state index contributed by atoms with van der Waals surface area (Å²) in [6, 6.07) is 0.353. The maximum absolute atomic E-state index is 11.8. The van der Waals surface area contributed by atoms with Crippen LogP contribution in [0.1, 0.15) is 38.5 Å². The van der Waals surface area contributed by atoms with Crippen LogP contribution in [0.5, 0.6) is 0 Å². The molecule has 1 heterocycles. The first-order valence-electron chi connectivity index (χ1n) is 7.12. The Labute approximate surface area is 109 Å². The van der Waals surface area contributed by atoms with Crippen molar-refractivity contribution in [2.24, 2.45) is 11.7 Å². The first-order chi connectivity index (χ1) is 8.74. The number of carbonyl (C=O) groups excluding carboxylic acids is 1. The van der Waals surface area contributed by atoms with Crippen LogP contribution in [-0.2, 0) is 9.53 Å². The van der Waals surface area contributed by atoms with Gasteiger partial charge < -0.3 is 10.5 Å². The van der Waals surface area contributed by atoms with Crippen molar-refractivity contribution in [3.05, 3.63) is 0 Å². The number of hydrazine groups is 1. The molecule has 0 spiro atoms. The van der Waals surface area contributed by atoms with Crippen molar-refractivity contribution >= 4 is 5.91 Å². The summed E-state index contributed by atoms with van der Waals surface area (Å²) in [5.41, 5.74) is 8.91. The van der Waals surface area contributed by atoms with Crippen LogP contribution in [0.3, 0.4) is 0 Å². The molecule has 0 aromatic carbocycles. The van der Waals surface area contributed by atoms with Gasteiger partial charge in [-0.15, -0.1) is 0 Å². The monoisotopic (exact) mass is 255 g/mol. The first kappa shape index (κ1) is 13.8. The average Bonchev–Trinajstić information content (AvgIpc) is 2.38. The minimum absolute atomic E-state index is 0.135. The molecule has 1 amide bonds. The van der Waals surface area contributed by atoms with E-state index in [0.717, 1.165) is 32.4 Å². The lowest BCUT2D eigenvalue weighted by Gasteiger charge is -2.28. The summed E-state index contributed by atoms with van der Waals surface area (Å²) in [5.74, 6) is 0.778. The Hall–Kier alpha value is -0.650. The highest BCUT2D eigenvalue weighted by Gasteiger charge is 2.20. The Morgan fingerprint density at radius 1 is 1.33 bits per heavy atom. The largest absolute Gasteiger partial charge is 0.379 e. The molecular weight excluding hydrogens is 230 g/mol. The molecule has 2 fully saturated rings. The Kier molecular flexibility index (Phi) is 5.41. The molecule has 1 aliphatic heterocycles. The third kappa shape index (κ3) is 4.55. The molecule has 0 aromatic rings. The van der Waals surface area contributed by atoms with Crippen LogP contribution in [0.25, 0.3) is 0 Å². The van der Waals surface area contributed by atoms with Gasteiger partial charge in [-0.1, -0.05) is 12.8 Å². The molecule has 104 valence electrons. The van der Waals surface area contributed by atoms with Gasteiger partial charge in [-0.05, 0) is 25.2 Å². The molecule has 0 radical (unpaired) electrons. The van der Waals surface area contributed by atoms with Crippen molar-refractivity contribution < 1.29 is 9.53 Å². The summed E-state index contributed by atoms with van der Waals surface area (Å²) >= 11 is 0. The zero-order chi connectivity index (χ0) is 12.8. The number of ether oxygens (including phenoxy) is 1. The number of carbonyl (C=O) groups is 1. The van der Waals surface area contributed by atoms with E-state index in [1.54, 1.807) is 0 Å². The lowest BCUT2D eigenvalue weighted by Crippen LogP contribution is -2.48. The number of nitrogens with two attached hydrogens (primary N) is 1. The van der Waals surface area contributed by atoms with Gasteiger partial charge in [-0.3, -0.25) is 10.2 Å². The molecule has 1 saturated heterocycles. The van der Waals surface area contributed by atoms with Crippen LogP contribution in [-0.4, -0.2) is 43.3 Å². The van der Waals surface area contributed by atoms with Gasteiger partial charge in [0.25, 0.3) is 0 Å². The smallest absolute Gasteiger partial charge is 0.234 e. The van der Waals surface area contributed by atoms with Crippen LogP contribution in [0, 0.1) is 5.92 Å². The van der Waals surface area contributed by atoms with Gasteiger partial charge in [0, 0.05) is 25.6 Å². The maximum Gasteiger partial charge on any atom is 0.234 e. The van der Waals surface area contributed by atoms with E-state index < -0.39 is 0 Å². The molecule has 2 atom stereocenters. The number of nitrogens with one attached hydrogen (secondary N) is 1. The minimum atomic E-state index is 0.135. The number of morpholine rings is 1. The highest BCUT2D eigenvalue weighted by molar-refractivity contribution is 5.75. The molecule has 1 aliphatic carbocycles. The van der Waals surface area contributed by atoms with Gasteiger partial charge in [0.2, 0.25) is 5.91 Å². The highest BCUT2D eigenvalue weighted by atomic mass is 16.5. The van der Waals surface area contributed by atoms with E-state index in [-0.39, 0.29) is 5.91 Å². The van der Waals surface area contributed by atoms with E-state index in [2.05, 4.69) is 5.43 Å². The Morgan fingerprint density at radius 3 is 2.83 bits per heavy atom. The Morgan fingerprint density at radius 2 is 2.11 bits per heavy atom. The number of rotatable bonds is 4. The van der Waals surface area contributed by atoms with Gasteiger partial charge >= 0.3 is 0 Å². The third-order valence-corrected chi connectivity index (χ3v) is 3.90. The van der Waals surface area contributed by atoms with Crippen LogP contribution < -0.4 is 11.2 Å². The summed E-state index contributed by atoms with van der Waals surface area (Å²) in [4.78, 5) is 11.8.